The van der Waals surface area contributed by atoms with Crippen LogP contribution in [0, 0.1) is 11.5 Å². The van der Waals surface area contributed by atoms with Gasteiger partial charge in [0.15, 0.2) is 6.19 Å². The number of hydrogen-bond acceptors (Lipinski definition) is 2. The summed E-state index contributed by atoms with van der Waals surface area (Å²) in [5.74, 6) is -0.858. The van der Waals surface area contributed by atoms with E-state index in [-0.39, 0.29) is 5.56 Å². The van der Waals surface area contributed by atoms with Gasteiger partial charge < -0.3 is 0 Å². The molecule has 6 heteroatoms. The van der Waals surface area contributed by atoms with E-state index < -0.39 is 17.6 Å². The van der Waals surface area contributed by atoms with Gasteiger partial charge >= 0.3 is 6.18 Å². The average molecular weight is 214 g/mol. The molecule has 1 aromatic carbocycles. The largest absolute Gasteiger partial charge is 0.416 e. The average Bonchev–Trinajstić information content (AvgIpc) is 2.17. The van der Waals surface area contributed by atoms with Crippen LogP contribution in [0.1, 0.15) is 15.9 Å². The molecule has 0 aliphatic rings. The number of carbonyl (C=O) groups excluding carboxylic acids is 1. The molecular weight excluding hydrogens is 209 g/mol. The topological polar surface area (TPSA) is 52.9 Å². The van der Waals surface area contributed by atoms with E-state index in [1.54, 1.807) is 5.32 Å². The molecule has 0 heterocycles. The molecule has 0 bridgehead atoms. The van der Waals surface area contributed by atoms with E-state index in [0.29, 0.717) is 6.07 Å². The normalized spacial score (nSPS) is 10.5. The van der Waals surface area contributed by atoms with Crippen LogP contribution in [-0.2, 0) is 6.18 Å². The molecule has 0 fully saturated rings. The zero-order valence-corrected chi connectivity index (χ0v) is 7.30. The van der Waals surface area contributed by atoms with E-state index in [4.69, 9.17) is 5.26 Å². The van der Waals surface area contributed by atoms with Gasteiger partial charge in [-0.15, -0.1) is 0 Å². The molecule has 0 aromatic heterocycles. The van der Waals surface area contributed by atoms with Gasteiger partial charge in [-0.05, 0) is 18.2 Å². The number of nitriles is 1. The molecule has 1 rings (SSSR count). The Morgan fingerprint density at radius 3 is 2.60 bits per heavy atom. The fraction of sp³-hybridized carbons (Fsp3) is 0.111. The zero-order chi connectivity index (χ0) is 11.5. The van der Waals surface area contributed by atoms with Crippen molar-refractivity contribution in [2.45, 2.75) is 6.18 Å². The number of nitrogens with zero attached hydrogens (tertiary/aromatic N) is 1. The highest BCUT2D eigenvalue weighted by molar-refractivity contribution is 5.95. The minimum atomic E-state index is -4.50. The lowest BCUT2D eigenvalue weighted by atomic mass is 10.1. The Morgan fingerprint density at radius 1 is 1.40 bits per heavy atom. The Balaban J connectivity index is 3.04. The maximum Gasteiger partial charge on any atom is 0.416 e. The molecule has 3 nitrogen and oxygen atoms in total. The third-order valence-corrected chi connectivity index (χ3v) is 1.62. The van der Waals surface area contributed by atoms with Crippen molar-refractivity contribution < 1.29 is 18.0 Å². The number of carbonyl (C=O) groups is 1. The van der Waals surface area contributed by atoms with Crippen molar-refractivity contribution in [2.75, 3.05) is 0 Å². The number of alkyl halides is 3. The third-order valence-electron chi connectivity index (χ3n) is 1.62. The first-order valence-corrected chi connectivity index (χ1v) is 3.82. The molecule has 1 aromatic rings. The maximum absolute atomic E-state index is 12.2. The van der Waals surface area contributed by atoms with Gasteiger partial charge in [0.25, 0.3) is 5.91 Å². The molecule has 1 N–H and O–H groups in total. The fourth-order valence-electron chi connectivity index (χ4n) is 0.960. The minimum Gasteiger partial charge on any atom is -0.268 e. The lowest BCUT2D eigenvalue weighted by molar-refractivity contribution is -0.137. The number of amides is 1. The van der Waals surface area contributed by atoms with E-state index in [9.17, 15) is 18.0 Å². The SMILES string of the molecule is N#CNC(=O)c1cccc(C(F)(F)F)c1. The van der Waals surface area contributed by atoms with Crippen LogP contribution in [0.5, 0.6) is 0 Å². The summed E-state index contributed by atoms with van der Waals surface area (Å²) < 4.78 is 36.7. The molecule has 0 saturated heterocycles. The van der Waals surface area contributed by atoms with Gasteiger partial charge in [-0.3, -0.25) is 10.1 Å². The van der Waals surface area contributed by atoms with E-state index in [1.165, 1.54) is 12.3 Å². The highest BCUT2D eigenvalue weighted by atomic mass is 19.4. The summed E-state index contributed by atoms with van der Waals surface area (Å²) in [4.78, 5) is 11.0. The second kappa shape index (κ2) is 4.00. The Morgan fingerprint density at radius 2 is 2.07 bits per heavy atom. The van der Waals surface area contributed by atoms with Crippen molar-refractivity contribution in [3.63, 3.8) is 0 Å². The smallest absolute Gasteiger partial charge is 0.268 e. The molecule has 0 aliphatic heterocycles. The van der Waals surface area contributed by atoms with Crippen molar-refractivity contribution in [1.29, 1.82) is 5.26 Å². The van der Waals surface area contributed by atoms with Crippen LogP contribution in [0.15, 0.2) is 24.3 Å². The molecule has 0 radical (unpaired) electrons. The second-order valence-corrected chi connectivity index (χ2v) is 2.64. The van der Waals surface area contributed by atoms with Gasteiger partial charge in [-0.25, -0.2) is 0 Å². The molecular formula is C9H5F3N2O. The van der Waals surface area contributed by atoms with Gasteiger partial charge in [-0.2, -0.15) is 18.4 Å². The molecule has 1 amide bonds. The van der Waals surface area contributed by atoms with Crippen molar-refractivity contribution in [1.82, 2.24) is 5.32 Å². The molecule has 0 spiro atoms. The Bertz CT molecular complexity index is 420. The first-order valence-electron chi connectivity index (χ1n) is 3.82. The molecule has 15 heavy (non-hydrogen) atoms. The van der Waals surface area contributed by atoms with E-state index in [1.807, 2.05) is 0 Å². The van der Waals surface area contributed by atoms with Gasteiger partial charge in [0, 0.05) is 5.56 Å². The van der Waals surface area contributed by atoms with Crippen molar-refractivity contribution >= 4 is 5.91 Å². The van der Waals surface area contributed by atoms with Crippen LogP contribution < -0.4 is 5.32 Å². The van der Waals surface area contributed by atoms with Crippen molar-refractivity contribution in [3.05, 3.63) is 35.4 Å². The molecule has 0 atom stereocenters. The first kappa shape index (κ1) is 11.0. The predicted octanol–water partition coefficient (Wildman–Crippen LogP) is 1.92. The van der Waals surface area contributed by atoms with E-state index in [2.05, 4.69) is 0 Å². The Labute approximate surface area is 83.1 Å². The molecule has 0 saturated carbocycles. The van der Waals surface area contributed by atoms with Crippen LogP contribution >= 0.6 is 0 Å². The second-order valence-electron chi connectivity index (χ2n) is 2.64. The van der Waals surface area contributed by atoms with Crippen LogP contribution in [0.4, 0.5) is 13.2 Å². The molecule has 78 valence electrons. The predicted molar refractivity (Wildman–Crippen MR) is 44.5 cm³/mol. The van der Waals surface area contributed by atoms with Crippen LogP contribution in [-0.4, -0.2) is 5.91 Å². The maximum atomic E-state index is 12.2. The summed E-state index contributed by atoms with van der Waals surface area (Å²) >= 11 is 0. The van der Waals surface area contributed by atoms with Crippen LogP contribution in [0.3, 0.4) is 0 Å². The number of benzene rings is 1. The number of halogens is 3. The summed E-state index contributed by atoms with van der Waals surface area (Å²) in [5.41, 5.74) is -1.13. The molecule has 0 unspecified atom stereocenters. The number of hydrogen-bond donors (Lipinski definition) is 1. The highest BCUT2D eigenvalue weighted by Crippen LogP contribution is 2.29. The van der Waals surface area contributed by atoms with Crippen molar-refractivity contribution in [3.8, 4) is 6.19 Å². The highest BCUT2D eigenvalue weighted by Gasteiger charge is 2.30. The Hall–Kier alpha value is -2.03. The van der Waals surface area contributed by atoms with E-state index >= 15 is 0 Å². The summed E-state index contributed by atoms with van der Waals surface area (Å²) in [7, 11) is 0. The summed E-state index contributed by atoms with van der Waals surface area (Å²) in [5, 5.41) is 9.86. The van der Waals surface area contributed by atoms with E-state index in [0.717, 1.165) is 12.1 Å². The zero-order valence-electron chi connectivity index (χ0n) is 7.30. The lowest BCUT2D eigenvalue weighted by Gasteiger charge is -2.07. The summed E-state index contributed by atoms with van der Waals surface area (Å²) in [6.07, 6.45) is -3.15. The quantitative estimate of drug-likeness (QED) is 0.573. The van der Waals surface area contributed by atoms with Crippen LogP contribution in [0.25, 0.3) is 0 Å². The molecule has 0 aliphatic carbocycles. The first-order chi connectivity index (χ1) is 6.95. The number of rotatable bonds is 1. The third kappa shape index (κ3) is 2.71. The monoisotopic (exact) mass is 214 g/mol. The summed E-state index contributed by atoms with van der Waals surface area (Å²) in [6.45, 7) is 0. The fourth-order valence-corrected chi connectivity index (χ4v) is 0.960. The standard InChI is InChI=1S/C9H5F3N2O/c10-9(11,12)7-3-1-2-6(4-7)8(15)14-5-13/h1-4H,(H,14,15). The van der Waals surface area contributed by atoms with Crippen molar-refractivity contribution in [2.24, 2.45) is 0 Å². The Kier molecular flexibility index (Phi) is 2.95. The van der Waals surface area contributed by atoms with Crippen LogP contribution in [0.2, 0.25) is 0 Å². The minimum absolute atomic E-state index is 0.202. The number of nitrogens with one attached hydrogen (secondary N) is 1. The van der Waals surface area contributed by atoms with Gasteiger partial charge in [0.2, 0.25) is 0 Å². The van der Waals surface area contributed by atoms with Gasteiger partial charge in [-0.1, -0.05) is 6.07 Å². The van der Waals surface area contributed by atoms with Gasteiger partial charge in [0.05, 0.1) is 5.56 Å². The summed E-state index contributed by atoms with van der Waals surface area (Å²) in [6, 6.07) is 3.84. The lowest BCUT2D eigenvalue weighted by Crippen LogP contribution is -2.18. The van der Waals surface area contributed by atoms with Gasteiger partial charge in [0.1, 0.15) is 0 Å².